The highest BCUT2D eigenvalue weighted by atomic mass is 28.2. The van der Waals surface area contributed by atoms with Crippen LogP contribution in [0.4, 0.5) is 0 Å². The van der Waals surface area contributed by atoms with Crippen molar-refractivity contribution in [2.45, 2.75) is 6.61 Å². The zero-order chi connectivity index (χ0) is 7.40. The molecule has 1 rings (SSSR count). The van der Waals surface area contributed by atoms with E-state index in [9.17, 15) is 0 Å². The van der Waals surface area contributed by atoms with Crippen LogP contribution in [-0.4, -0.2) is 15.6 Å². The monoisotopic (exact) mass is 151 g/mol. The van der Waals surface area contributed by atoms with Gasteiger partial charge in [0.2, 0.25) is 10.5 Å². The molecular formula is C7H7O2Si. The minimum Gasteiger partial charge on any atom is -0.508 e. The molecule has 2 nitrogen and oxygen atoms in total. The Kier molecular flexibility index (Phi) is 2.47. The van der Waals surface area contributed by atoms with Crippen molar-refractivity contribution in [1.29, 1.82) is 0 Å². The molecule has 0 aliphatic rings. The molecule has 0 spiro atoms. The summed E-state index contributed by atoms with van der Waals surface area (Å²) in [4.78, 5) is 0. The molecule has 0 saturated carbocycles. The zero-order valence-corrected chi connectivity index (χ0v) is 6.37. The third kappa shape index (κ3) is 1.59. The lowest BCUT2D eigenvalue weighted by molar-refractivity contribution is 0.328. The SMILES string of the molecule is Oc1ccccc1CO[Si]. The first-order valence-electron chi connectivity index (χ1n) is 2.90. The maximum Gasteiger partial charge on any atom is 0.246 e. The summed E-state index contributed by atoms with van der Waals surface area (Å²) in [7, 11) is 2.85. The first kappa shape index (κ1) is 7.31. The second-order valence-electron chi connectivity index (χ2n) is 1.92. The topological polar surface area (TPSA) is 29.5 Å². The molecule has 0 heterocycles. The fraction of sp³-hybridized carbons (Fsp3) is 0.143. The summed E-state index contributed by atoms with van der Waals surface area (Å²) >= 11 is 0. The van der Waals surface area contributed by atoms with Crippen LogP contribution in [-0.2, 0) is 11.0 Å². The summed E-state index contributed by atoms with van der Waals surface area (Å²) in [5.74, 6) is 0.265. The standard InChI is InChI=1S/C7H7O2Si/c8-7-4-2-1-3-6(7)5-9-10/h1-4,8H,5H2. The Morgan fingerprint density at radius 2 is 2.10 bits per heavy atom. The van der Waals surface area contributed by atoms with Gasteiger partial charge in [-0.05, 0) is 6.07 Å². The summed E-state index contributed by atoms with van der Waals surface area (Å²) in [6, 6.07) is 7.04. The Bertz CT molecular complexity index is 213. The molecule has 1 aromatic carbocycles. The van der Waals surface area contributed by atoms with Gasteiger partial charge in [0.1, 0.15) is 5.75 Å². The minimum absolute atomic E-state index is 0.265. The van der Waals surface area contributed by atoms with Crippen molar-refractivity contribution in [2.75, 3.05) is 0 Å². The van der Waals surface area contributed by atoms with Crippen LogP contribution < -0.4 is 0 Å². The number of hydrogen-bond acceptors (Lipinski definition) is 2. The predicted molar refractivity (Wildman–Crippen MR) is 38.6 cm³/mol. The van der Waals surface area contributed by atoms with Gasteiger partial charge in [0.25, 0.3) is 0 Å². The summed E-state index contributed by atoms with van der Waals surface area (Å²) < 4.78 is 4.65. The fourth-order valence-electron chi connectivity index (χ4n) is 0.711. The number of para-hydroxylation sites is 1. The lowest BCUT2D eigenvalue weighted by Gasteiger charge is -2.00. The Morgan fingerprint density at radius 3 is 2.70 bits per heavy atom. The molecule has 1 aromatic rings. The molecule has 1 N–H and O–H groups in total. The molecule has 0 unspecified atom stereocenters. The van der Waals surface area contributed by atoms with Crippen LogP contribution in [0.25, 0.3) is 0 Å². The van der Waals surface area contributed by atoms with Crippen molar-refractivity contribution in [1.82, 2.24) is 0 Å². The van der Waals surface area contributed by atoms with E-state index in [1.54, 1.807) is 18.2 Å². The Labute approximate surface area is 63.0 Å². The molecule has 0 bridgehead atoms. The highest BCUT2D eigenvalue weighted by Gasteiger charge is 1.95. The van der Waals surface area contributed by atoms with Gasteiger partial charge in [-0.3, -0.25) is 0 Å². The molecule has 0 atom stereocenters. The average Bonchev–Trinajstić information content (AvgIpc) is 1.94. The minimum atomic E-state index is 0.265. The molecule has 3 radical (unpaired) electrons. The van der Waals surface area contributed by atoms with Gasteiger partial charge in [-0.2, -0.15) is 0 Å². The van der Waals surface area contributed by atoms with E-state index in [0.29, 0.717) is 6.61 Å². The molecule has 51 valence electrons. The van der Waals surface area contributed by atoms with Crippen LogP contribution in [0.15, 0.2) is 24.3 Å². The maximum absolute atomic E-state index is 9.14. The normalized spacial score (nSPS) is 9.70. The smallest absolute Gasteiger partial charge is 0.246 e. The molecule has 0 aliphatic heterocycles. The molecular weight excluding hydrogens is 144 g/mol. The number of benzene rings is 1. The van der Waals surface area contributed by atoms with Gasteiger partial charge in [-0.15, -0.1) is 0 Å². The molecule has 0 fully saturated rings. The van der Waals surface area contributed by atoms with Crippen LogP contribution >= 0.6 is 0 Å². The number of phenolic OH excluding ortho intramolecular Hbond substituents is 1. The van der Waals surface area contributed by atoms with E-state index in [1.165, 1.54) is 0 Å². The van der Waals surface area contributed by atoms with Gasteiger partial charge in [0, 0.05) is 5.56 Å². The number of rotatable bonds is 2. The van der Waals surface area contributed by atoms with E-state index in [1.807, 2.05) is 6.07 Å². The summed E-state index contributed by atoms with van der Waals surface area (Å²) in [5.41, 5.74) is 0.775. The van der Waals surface area contributed by atoms with E-state index < -0.39 is 0 Å². The van der Waals surface area contributed by atoms with Crippen molar-refractivity contribution in [3.63, 3.8) is 0 Å². The van der Waals surface area contributed by atoms with Crippen molar-refractivity contribution >= 4 is 10.5 Å². The fourth-order valence-corrected chi connectivity index (χ4v) is 0.866. The maximum atomic E-state index is 9.14. The number of hydrogen-bond donors (Lipinski definition) is 1. The molecule has 0 aliphatic carbocycles. The molecule has 0 aromatic heterocycles. The number of phenols is 1. The highest BCUT2D eigenvalue weighted by Crippen LogP contribution is 2.15. The van der Waals surface area contributed by atoms with Crippen molar-refractivity contribution in [2.24, 2.45) is 0 Å². The Hall–Kier alpha value is -0.803. The van der Waals surface area contributed by atoms with E-state index in [4.69, 9.17) is 5.11 Å². The molecule has 0 amide bonds. The van der Waals surface area contributed by atoms with E-state index in [2.05, 4.69) is 14.9 Å². The van der Waals surface area contributed by atoms with Gasteiger partial charge in [-0.25, -0.2) is 0 Å². The third-order valence-corrected chi connectivity index (χ3v) is 1.36. The second kappa shape index (κ2) is 3.39. The van der Waals surface area contributed by atoms with Crippen LogP contribution in [0.3, 0.4) is 0 Å². The van der Waals surface area contributed by atoms with Crippen LogP contribution in [0, 0.1) is 0 Å². The summed E-state index contributed by atoms with van der Waals surface area (Å²) in [6.45, 7) is 0.379. The van der Waals surface area contributed by atoms with Crippen molar-refractivity contribution < 1.29 is 9.53 Å². The second-order valence-corrected chi connectivity index (χ2v) is 2.21. The lowest BCUT2D eigenvalue weighted by Crippen LogP contribution is -1.87. The first-order valence-corrected chi connectivity index (χ1v) is 3.31. The summed E-state index contributed by atoms with van der Waals surface area (Å²) in [5, 5.41) is 9.14. The largest absolute Gasteiger partial charge is 0.508 e. The molecule has 0 saturated heterocycles. The van der Waals surface area contributed by atoms with Crippen LogP contribution in [0.5, 0.6) is 5.75 Å². The van der Waals surface area contributed by atoms with Crippen molar-refractivity contribution in [3.8, 4) is 5.75 Å². The van der Waals surface area contributed by atoms with Gasteiger partial charge in [-0.1, -0.05) is 18.2 Å². The lowest BCUT2D eigenvalue weighted by atomic mass is 10.2. The molecule has 10 heavy (non-hydrogen) atoms. The van der Waals surface area contributed by atoms with Gasteiger partial charge in [0.15, 0.2) is 0 Å². The quantitative estimate of drug-likeness (QED) is 0.639. The van der Waals surface area contributed by atoms with Gasteiger partial charge >= 0.3 is 0 Å². The summed E-state index contributed by atoms with van der Waals surface area (Å²) in [6.07, 6.45) is 0. The van der Waals surface area contributed by atoms with E-state index in [-0.39, 0.29) is 5.75 Å². The van der Waals surface area contributed by atoms with Crippen LogP contribution in [0.1, 0.15) is 5.56 Å². The van der Waals surface area contributed by atoms with Gasteiger partial charge < -0.3 is 9.53 Å². The first-order chi connectivity index (χ1) is 4.84. The highest BCUT2D eigenvalue weighted by molar-refractivity contribution is 5.97. The van der Waals surface area contributed by atoms with E-state index >= 15 is 0 Å². The predicted octanol–water partition coefficient (Wildman–Crippen LogP) is 0.992. The number of aromatic hydroxyl groups is 1. The van der Waals surface area contributed by atoms with Crippen LogP contribution in [0.2, 0.25) is 0 Å². The van der Waals surface area contributed by atoms with Gasteiger partial charge in [0.05, 0.1) is 6.61 Å². The Morgan fingerprint density at radius 1 is 1.40 bits per heavy atom. The van der Waals surface area contributed by atoms with Crippen molar-refractivity contribution in [3.05, 3.63) is 29.8 Å². The molecule has 3 heteroatoms. The Balaban J connectivity index is 2.81. The van der Waals surface area contributed by atoms with E-state index in [0.717, 1.165) is 5.56 Å². The zero-order valence-electron chi connectivity index (χ0n) is 5.37. The average molecular weight is 151 g/mol. The third-order valence-electron chi connectivity index (χ3n) is 1.22.